The van der Waals surface area contributed by atoms with Gasteiger partial charge in [-0.05, 0) is 29.9 Å². The second-order valence-corrected chi connectivity index (χ2v) is 5.32. The molecule has 2 unspecified atom stereocenters. The third kappa shape index (κ3) is 2.24. The second kappa shape index (κ2) is 4.79. The molecule has 0 radical (unpaired) electrons. The van der Waals surface area contributed by atoms with Gasteiger partial charge in [-0.25, -0.2) is 0 Å². The van der Waals surface area contributed by atoms with Crippen LogP contribution >= 0.6 is 0 Å². The number of hydrogen-bond acceptors (Lipinski definition) is 2. The molecule has 1 aliphatic carbocycles. The zero-order valence-corrected chi connectivity index (χ0v) is 10.8. The number of fused-ring (bicyclic) bond motifs is 1. The van der Waals surface area contributed by atoms with Gasteiger partial charge in [-0.3, -0.25) is 0 Å². The molecule has 1 aromatic carbocycles. The molecule has 2 rings (SSSR count). The van der Waals surface area contributed by atoms with E-state index in [2.05, 4.69) is 13.8 Å². The summed E-state index contributed by atoms with van der Waals surface area (Å²) in [6.45, 7) is 4.39. The average Bonchev–Trinajstić information content (AvgIpc) is 2.60. The van der Waals surface area contributed by atoms with E-state index in [9.17, 15) is 5.11 Å². The summed E-state index contributed by atoms with van der Waals surface area (Å²) in [7, 11) is 0. The van der Waals surface area contributed by atoms with Gasteiger partial charge in [0.05, 0.1) is 5.60 Å². The summed E-state index contributed by atoms with van der Waals surface area (Å²) in [5, 5.41) is 10.9. The summed E-state index contributed by atoms with van der Waals surface area (Å²) >= 11 is 0. The summed E-state index contributed by atoms with van der Waals surface area (Å²) in [6.07, 6.45) is 3.75. The van der Waals surface area contributed by atoms with Crippen molar-refractivity contribution in [2.45, 2.75) is 51.2 Å². The quantitative estimate of drug-likeness (QED) is 0.839. The van der Waals surface area contributed by atoms with Crippen molar-refractivity contribution in [3.05, 3.63) is 35.4 Å². The fourth-order valence-corrected chi connectivity index (χ4v) is 3.08. The Morgan fingerprint density at radius 1 is 1.35 bits per heavy atom. The van der Waals surface area contributed by atoms with E-state index in [1.165, 1.54) is 0 Å². The predicted molar refractivity (Wildman–Crippen MR) is 70.6 cm³/mol. The van der Waals surface area contributed by atoms with Crippen LogP contribution in [0.3, 0.4) is 0 Å². The smallest absolute Gasteiger partial charge is 0.0920 e. The van der Waals surface area contributed by atoms with Crippen molar-refractivity contribution in [2.24, 2.45) is 11.7 Å². The fourth-order valence-electron chi connectivity index (χ4n) is 3.08. The van der Waals surface area contributed by atoms with Gasteiger partial charge in [-0.15, -0.1) is 0 Å². The maximum absolute atomic E-state index is 10.9. The zero-order chi connectivity index (χ0) is 12.5. The van der Waals surface area contributed by atoms with Gasteiger partial charge in [0.2, 0.25) is 0 Å². The van der Waals surface area contributed by atoms with Gasteiger partial charge in [0.15, 0.2) is 0 Å². The second-order valence-electron chi connectivity index (χ2n) is 5.32. The minimum absolute atomic E-state index is 0.00874. The van der Waals surface area contributed by atoms with E-state index in [0.717, 1.165) is 30.4 Å². The first kappa shape index (κ1) is 12.6. The number of aliphatic hydroxyl groups is 1. The van der Waals surface area contributed by atoms with E-state index < -0.39 is 5.60 Å². The lowest BCUT2D eigenvalue weighted by atomic mass is 9.83. The summed E-state index contributed by atoms with van der Waals surface area (Å²) in [5.41, 5.74) is 7.60. The average molecular weight is 233 g/mol. The van der Waals surface area contributed by atoms with E-state index in [-0.39, 0.29) is 6.04 Å². The molecular weight excluding hydrogens is 210 g/mol. The maximum atomic E-state index is 10.9. The summed E-state index contributed by atoms with van der Waals surface area (Å²) < 4.78 is 0. The first-order valence-electron chi connectivity index (χ1n) is 6.68. The molecular formula is C15H23NO. The monoisotopic (exact) mass is 233 g/mol. The Balaban J connectivity index is 2.28. The van der Waals surface area contributed by atoms with Gasteiger partial charge in [0, 0.05) is 6.04 Å². The molecule has 0 saturated carbocycles. The van der Waals surface area contributed by atoms with Gasteiger partial charge in [-0.2, -0.15) is 0 Å². The maximum Gasteiger partial charge on any atom is 0.0920 e. The van der Waals surface area contributed by atoms with Crippen LogP contribution < -0.4 is 5.73 Å². The van der Waals surface area contributed by atoms with E-state index >= 15 is 0 Å². The summed E-state index contributed by atoms with van der Waals surface area (Å²) in [5.74, 6) is 0.582. The van der Waals surface area contributed by atoms with E-state index in [1.54, 1.807) is 0 Å². The molecule has 2 nitrogen and oxygen atoms in total. The van der Waals surface area contributed by atoms with Crippen LogP contribution in [-0.2, 0) is 5.60 Å². The largest absolute Gasteiger partial charge is 0.385 e. The van der Waals surface area contributed by atoms with Crippen molar-refractivity contribution in [1.29, 1.82) is 0 Å². The molecule has 2 atom stereocenters. The first-order chi connectivity index (χ1) is 8.10. The highest BCUT2D eigenvalue weighted by Gasteiger charge is 2.41. The minimum atomic E-state index is -0.702. The molecule has 0 aromatic heterocycles. The van der Waals surface area contributed by atoms with Crippen LogP contribution in [0.5, 0.6) is 0 Å². The third-order valence-corrected chi connectivity index (χ3v) is 4.20. The Morgan fingerprint density at radius 2 is 2.00 bits per heavy atom. The Morgan fingerprint density at radius 3 is 2.65 bits per heavy atom. The van der Waals surface area contributed by atoms with Crippen molar-refractivity contribution in [1.82, 2.24) is 0 Å². The van der Waals surface area contributed by atoms with E-state index in [1.807, 2.05) is 24.3 Å². The molecule has 1 aromatic rings. The molecule has 0 amide bonds. The molecule has 0 heterocycles. The third-order valence-electron chi connectivity index (χ3n) is 4.20. The van der Waals surface area contributed by atoms with Crippen molar-refractivity contribution in [3.63, 3.8) is 0 Å². The molecule has 3 N–H and O–H groups in total. The van der Waals surface area contributed by atoms with E-state index in [0.29, 0.717) is 12.3 Å². The van der Waals surface area contributed by atoms with Crippen LogP contribution in [0.2, 0.25) is 0 Å². The predicted octanol–water partition coefficient (Wildman–Crippen LogP) is 3.10. The molecule has 0 spiro atoms. The van der Waals surface area contributed by atoms with Gasteiger partial charge >= 0.3 is 0 Å². The van der Waals surface area contributed by atoms with Gasteiger partial charge in [-0.1, -0.05) is 51.0 Å². The number of rotatable bonds is 4. The van der Waals surface area contributed by atoms with Gasteiger partial charge in [0.1, 0.15) is 0 Å². The van der Waals surface area contributed by atoms with Crippen molar-refractivity contribution < 1.29 is 5.11 Å². The molecule has 1 aliphatic rings. The van der Waals surface area contributed by atoms with Crippen LogP contribution in [-0.4, -0.2) is 5.11 Å². The standard InChI is InChI=1S/C15H23NO/c1-3-11(4-2)9-15(17)10-14(16)12-7-5-6-8-13(12)15/h5-8,11,14,17H,3-4,9-10,16H2,1-2H3. The molecule has 0 fully saturated rings. The van der Waals surface area contributed by atoms with Crippen molar-refractivity contribution in [3.8, 4) is 0 Å². The molecule has 94 valence electrons. The Kier molecular flexibility index (Phi) is 3.55. The summed E-state index contributed by atoms with van der Waals surface area (Å²) in [4.78, 5) is 0. The molecule has 0 saturated heterocycles. The highest BCUT2D eigenvalue weighted by atomic mass is 16.3. The topological polar surface area (TPSA) is 46.2 Å². The summed E-state index contributed by atoms with van der Waals surface area (Å²) in [6, 6.07) is 8.07. The van der Waals surface area contributed by atoms with Crippen LogP contribution in [0.1, 0.15) is 56.7 Å². The molecule has 17 heavy (non-hydrogen) atoms. The van der Waals surface area contributed by atoms with Crippen LogP contribution in [0.4, 0.5) is 0 Å². The first-order valence-corrected chi connectivity index (χ1v) is 6.68. The highest BCUT2D eigenvalue weighted by Crippen LogP contribution is 2.46. The van der Waals surface area contributed by atoms with Gasteiger partial charge in [0.25, 0.3) is 0 Å². The minimum Gasteiger partial charge on any atom is -0.385 e. The lowest BCUT2D eigenvalue weighted by Crippen LogP contribution is -2.26. The fraction of sp³-hybridized carbons (Fsp3) is 0.600. The highest BCUT2D eigenvalue weighted by molar-refractivity contribution is 5.39. The molecule has 0 aliphatic heterocycles. The zero-order valence-electron chi connectivity index (χ0n) is 10.8. The normalized spacial score (nSPS) is 27.5. The number of hydrogen-bond donors (Lipinski definition) is 2. The Labute approximate surface area is 104 Å². The van der Waals surface area contributed by atoms with Crippen LogP contribution in [0, 0.1) is 5.92 Å². The van der Waals surface area contributed by atoms with Gasteiger partial charge < -0.3 is 10.8 Å². The number of benzene rings is 1. The van der Waals surface area contributed by atoms with E-state index in [4.69, 9.17) is 5.73 Å². The van der Waals surface area contributed by atoms with Crippen molar-refractivity contribution in [2.75, 3.05) is 0 Å². The Bertz CT molecular complexity index is 386. The van der Waals surface area contributed by atoms with Crippen LogP contribution in [0.15, 0.2) is 24.3 Å². The lowest BCUT2D eigenvalue weighted by Gasteiger charge is -2.28. The molecule has 2 heteroatoms. The van der Waals surface area contributed by atoms with Crippen LogP contribution in [0.25, 0.3) is 0 Å². The SMILES string of the molecule is CCC(CC)CC1(O)CC(N)c2ccccc21. The Hall–Kier alpha value is -0.860. The lowest BCUT2D eigenvalue weighted by molar-refractivity contribution is 0.00726. The molecule has 0 bridgehead atoms. The number of nitrogens with two attached hydrogens (primary N) is 1. The van der Waals surface area contributed by atoms with Crippen molar-refractivity contribution >= 4 is 0 Å².